The van der Waals surface area contributed by atoms with Gasteiger partial charge in [0.25, 0.3) is 0 Å². The maximum absolute atomic E-state index is 6.25. The summed E-state index contributed by atoms with van der Waals surface area (Å²) in [6, 6.07) is 0.130. The van der Waals surface area contributed by atoms with Crippen LogP contribution in [-0.2, 0) is 14.2 Å². The molecule has 3 atom stereocenters. The summed E-state index contributed by atoms with van der Waals surface area (Å²) in [5, 5.41) is 0. The van der Waals surface area contributed by atoms with Crippen LogP contribution >= 0.6 is 0 Å². The first kappa shape index (κ1) is 27.8. The van der Waals surface area contributed by atoms with E-state index in [1.54, 1.807) is 0 Å². The van der Waals surface area contributed by atoms with Crippen molar-refractivity contribution in [2.24, 2.45) is 28.7 Å². The molecule has 0 bridgehead atoms. The fourth-order valence-corrected chi connectivity index (χ4v) is 3.00. The van der Waals surface area contributed by atoms with Crippen molar-refractivity contribution in [1.29, 1.82) is 0 Å². The van der Waals surface area contributed by atoms with E-state index in [1.807, 2.05) is 20.8 Å². The fraction of sp³-hybridized carbons (Fsp3) is 1.00. The molecule has 0 saturated heterocycles. The van der Waals surface area contributed by atoms with Crippen LogP contribution in [0.25, 0.3) is 0 Å². The van der Waals surface area contributed by atoms with Gasteiger partial charge in [-0.2, -0.15) is 0 Å². The molecule has 0 radical (unpaired) electrons. The van der Waals surface area contributed by atoms with Crippen molar-refractivity contribution in [2.75, 3.05) is 26.4 Å². The lowest BCUT2D eigenvalue weighted by Gasteiger charge is -2.46. The van der Waals surface area contributed by atoms with Crippen LogP contribution in [0.2, 0.25) is 0 Å². The number of rotatable bonds is 14. The molecule has 0 aromatic carbocycles. The number of hydrogen-bond acceptors (Lipinski definition) is 5. The normalized spacial score (nSPS) is 17.5. The highest BCUT2D eigenvalue weighted by Crippen LogP contribution is 2.41. The van der Waals surface area contributed by atoms with Crippen molar-refractivity contribution >= 4 is 0 Å². The fourth-order valence-electron chi connectivity index (χ4n) is 3.00. The van der Waals surface area contributed by atoms with Gasteiger partial charge in [-0.15, -0.1) is 0 Å². The molecule has 5 heteroatoms. The summed E-state index contributed by atoms with van der Waals surface area (Å²) in [5.41, 5.74) is 11.2. The van der Waals surface area contributed by atoms with Gasteiger partial charge in [-0.1, -0.05) is 27.7 Å². The van der Waals surface area contributed by atoms with Gasteiger partial charge in [0.2, 0.25) is 0 Å². The predicted octanol–water partition coefficient (Wildman–Crippen LogP) is 4.37. The molecule has 0 spiro atoms. The zero-order valence-corrected chi connectivity index (χ0v) is 20.6. The minimum Gasteiger partial charge on any atom is -0.379 e. The highest BCUT2D eigenvalue weighted by atomic mass is 16.5. The summed E-state index contributed by atoms with van der Waals surface area (Å²) < 4.78 is 18.2. The van der Waals surface area contributed by atoms with E-state index in [0.29, 0.717) is 38.3 Å². The molecule has 3 unspecified atom stereocenters. The molecule has 0 fully saturated rings. The molecule has 4 N–H and O–H groups in total. The SMILES string of the molecule is CC(N)CC(C)(C)OCC(C)C(C)(C)C(C)(C)OCCOCC(C)C(C)(C)N. The van der Waals surface area contributed by atoms with E-state index in [2.05, 4.69) is 55.4 Å². The molecule has 0 aliphatic rings. The quantitative estimate of drug-likeness (QED) is 0.422. The van der Waals surface area contributed by atoms with Gasteiger partial charge in [0.15, 0.2) is 0 Å². The standard InChI is InChI=1S/C23H50N2O3/c1-17(16-28-20(4,5)14-19(3)24)21(6,7)23(10,11)27-13-12-26-15-18(2)22(8,9)25/h17-19H,12-16,24-25H2,1-11H3. The molecule has 0 heterocycles. The Morgan fingerprint density at radius 3 is 1.75 bits per heavy atom. The van der Waals surface area contributed by atoms with Crippen LogP contribution in [-0.4, -0.2) is 49.2 Å². The third-order valence-electron chi connectivity index (χ3n) is 6.65. The highest BCUT2D eigenvalue weighted by Gasteiger charge is 2.42. The Bertz CT molecular complexity index is 440. The summed E-state index contributed by atoms with van der Waals surface area (Å²) in [7, 11) is 0. The Kier molecular flexibility index (Phi) is 10.6. The number of nitrogens with two attached hydrogens (primary N) is 2. The monoisotopic (exact) mass is 402 g/mol. The van der Waals surface area contributed by atoms with E-state index in [1.165, 1.54) is 0 Å². The Hall–Kier alpha value is -0.200. The van der Waals surface area contributed by atoms with Crippen LogP contribution in [0.15, 0.2) is 0 Å². The van der Waals surface area contributed by atoms with Gasteiger partial charge >= 0.3 is 0 Å². The third-order valence-corrected chi connectivity index (χ3v) is 6.65. The molecular weight excluding hydrogens is 352 g/mol. The summed E-state index contributed by atoms with van der Waals surface area (Å²) in [5.74, 6) is 0.627. The van der Waals surface area contributed by atoms with Gasteiger partial charge in [-0.3, -0.25) is 0 Å². The molecular formula is C23H50N2O3. The number of ether oxygens (including phenoxy) is 3. The van der Waals surface area contributed by atoms with Gasteiger partial charge in [0.1, 0.15) is 0 Å². The van der Waals surface area contributed by atoms with Crippen LogP contribution in [0, 0.1) is 17.3 Å². The highest BCUT2D eigenvalue weighted by molar-refractivity contribution is 4.92. The van der Waals surface area contributed by atoms with E-state index in [4.69, 9.17) is 25.7 Å². The second-order valence-corrected chi connectivity index (χ2v) is 11.0. The summed E-state index contributed by atoms with van der Waals surface area (Å²) in [6.45, 7) is 25.9. The van der Waals surface area contributed by atoms with Crippen molar-refractivity contribution < 1.29 is 14.2 Å². The first-order valence-electron chi connectivity index (χ1n) is 10.8. The molecule has 0 aromatic rings. The van der Waals surface area contributed by atoms with Crippen LogP contribution in [0.3, 0.4) is 0 Å². The molecule has 0 aliphatic carbocycles. The van der Waals surface area contributed by atoms with E-state index in [0.717, 1.165) is 6.42 Å². The van der Waals surface area contributed by atoms with Crippen LogP contribution < -0.4 is 11.5 Å². The minimum absolute atomic E-state index is 0.0655. The van der Waals surface area contributed by atoms with E-state index >= 15 is 0 Å². The van der Waals surface area contributed by atoms with Crippen molar-refractivity contribution in [3.05, 3.63) is 0 Å². The first-order valence-corrected chi connectivity index (χ1v) is 10.8. The van der Waals surface area contributed by atoms with Gasteiger partial charge < -0.3 is 25.7 Å². The van der Waals surface area contributed by atoms with Gasteiger partial charge in [0, 0.05) is 11.6 Å². The smallest absolute Gasteiger partial charge is 0.0708 e. The maximum atomic E-state index is 6.25. The average molecular weight is 403 g/mol. The Labute approximate surface area is 175 Å². The van der Waals surface area contributed by atoms with Crippen LogP contribution in [0.1, 0.15) is 82.6 Å². The largest absolute Gasteiger partial charge is 0.379 e. The summed E-state index contributed by atoms with van der Waals surface area (Å²) >= 11 is 0. The Morgan fingerprint density at radius 2 is 1.29 bits per heavy atom. The average Bonchev–Trinajstić information content (AvgIpc) is 2.49. The van der Waals surface area contributed by atoms with Crippen LogP contribution in [0.5, 0.6) is 0 Å². The van der Waals surface area contributed by atoms with Crippen molar-refractivity contribution in [3.63, 3.8) is 0 Å². The second kappa shape index (κ2) is 10.7. The molecule has 0 aliphatic heterocycles. The van der Waals surface area contributed by atoms with Crippen molar-refractivity contribution in [3.8, 4) is 0 Å². The zero-order valence-electron chi connectivity index (χ0n) is 20.6. The molecule has 0 saturated carbocycles. The number of hydrogen-bond donors (Lipinski definition) is 2. The Balaban J connectivity index is 4.53. The van der Waals surface area contributed by atoms with Crippen molar-refractivity contribution in [2.45, 2.75) is 105 Å². The molecule has 0 amide bonds. The lowest BCUT2D eigenvalue weighted by molar-refractivity contribution is -0.149. The van der Waals surface area contributed by atoms with Gasteiger partial charge in [-0.25, -0.2) is 0 Å². The predicted molar refractivity (Wildman–Crippen MR) is 120 cm³/mol. The lowest BCUT2D eigenvalue weighted by atomic mass is 9.68. The lowest BCUT2D eigenvalue weighted by Crippen LogP contribution is -2.48. The van der Waals surface area contributed by atoms with Crippen molar-refractivity contribution in [1.82, 2.24) is 0 Å². The molecule has 5 nitrogen and oxygen atoms in total. The maximum Gasteiger partial charge on any atom is 0.0708 e. The van der Waals surface area contributed by atoms with E-state index < -0.39 is 0 Å². The molecule has 28 heavy (non-hydrogen) atoms. The van der Waals surface area contributed by atoms with Crippen LogP contribution in [0.4, 0.5) is 0 Å². The molecule has 0 aromatic heterocycles. The molecule has 0 rings (SSSR count). The van der Waals surface area contributed by atoms with Gasteiger partial charge in [-0.05, 0) is 72.1 Å². The summed E-state index contributed by atoms with van der Waals surface area (Å²) in [6.07, 6.45) is 0.843. The third kappa shape index (κ3) is 9.53. The van der Waals surface area contributed by atoms with E-state index in [-0.39, 0.29) is 28.2 Å². The topological polar surface area (TPSA) is 79.7 Å². The molecule has 170 valence electrons. The zero-order chi connectivity index (χ0) is 22.4. The first-order chi connectivity index (χ1) is 12.4. The summed E-state index contributed by atoms with van der Waals surface area (Å²) in [4.78, 5) is 0. The van der Waals surface area contributed by atoms with Gasteiger partial charge in [0.05, 0.1) is 37.6 Å². The van der Waals surface area contributed by atoms with E-state index in [9.17, 15) is 0 Å². The minimum atomic E-state index is -0.302. The Morgan fingerprint density at radius 1 is 0.750 bits per heavy atom. The second-order valence-electron chi connectivity index (χ2n) is 11.0.